The molecule has 3 amide bonds. The summed E-state index contributed by atoms with van der Waals surface area (Å²) in [6.07, 6.45) is -3.06. The van der Waals surface area contributed by atoms with Gasteiger partial charge in [0.15, 0.2) is 12.1 Å². The summed E-state index contributed by atoms with van der Waals surface area (Å²) in [5.41, 5.74) is -1.23. The molecule has 0 spiro atoms. The number of amides is 3. The molecule has 2 saturated heterocycles. The summed E-state index contributed by atoms with van der Waals surface area (Å²) in [6, 6.07) is 8.22. The zero-order chi connectivity index (χ0) is 44.4. The third-order valence-corrected chi connectivity index (χ3v) is 12.2. The molecule has 3 aromatic carbocycles. The molecule has 0 aromatic heterocycles. The molecule has 0 saturated carbocycles. The molecular formula is C44H46N4O14. The number of imide groups is 1. The lowest BCUT2D eigenvalue weighted by Crippen LogP contribution is -2.59. The average molecular weight is 855 g/mol. The van der Waals surface area contributed by atoms with Gasteiger partial charge < -0.3 is 44.5 Å². The Labute approximate surface area is 354 Å². The molecular weight excluding hydrogens is 808 g/mol. The minimum atomic E-state index is -2.25. The number of carbonyl (C=O) groups excluding carboxylic acids is 5. The number of carbonyl (C=O) groups is 5. The Hall–Kier alpha value is -5.86. The summed E-state index contributed by atoms with van der Waals surface area (Å²) in [7, 11) is 1.32. The Balaban J connectivity index is 1.18. The van der Waals surface area contributed by atoms with Crippen molar-refractivity contribution >= 4 is 40.7 Å². The van der Waals surface area contributed by atoms with Gasteiger partial charge in [-0.2, -0.15) is 5.10 Å². The summed E-state index contributed by atoms with van der Waals surface area (Å²) < 4.78 is 23.8. The second-order valence-electron chi connectivity index (χ2n) is 16.2. The van der Waals surface area contributed by atoms with Crippen LogP contribution >= 0.6 is 0 Å². The van der Waals surface area contributed by atoms with Crippen molar-refractivity contribution in [2.75, 3.05) is 38.3 Å². The van der Waals surface area contributed by atoms with E-state index in [1.807, 2.05) is 6.92 Å². The number of morpholine rings is 1. The summed E-state index contributed by atoms with van der Waals surface area (Å²) in [5.74, 6) is -4.97. The van der Waals surface area contributed by atoms with E-state index in [0.29, 0.717) is 25.3 Å². The number of hydrazone groups is 1. The van der Waals surface area contributed by atoms with Crippen molar-refractivity contribution in [1.29, 1.82) is 0 Å². The van der Waals surface area contributed by atoms with Gasteiger partial charge in [0.05, 0.1) is 72.8 Å². The first kappa shape index (κ1) is 42.8. The van der Waals surface area contributed by atoms with E-state index >= 15 is 0 Å². The number of aliphatic hydroxyl groups is 3. The van der Waals surface area contributed by atoms with Crippen molar-refractivity contribution < 1.29 is 68.5 Å². The van der Waals surface area contributed by atoms with E-state index in [9.17, 15) is 49.5 Å². The number of aliphatic hydroxyl groups excluding tert-OH is 2. The van der Waals surface area contributed by atoms with Crippen LogP contribution in [0.1, 0.15) is 91.7 Å². The van der Waals surface area contributed by atoms with E-state index in [2.05, 4.69) is 15.4 Å². The molecule has 18 nitrogen and oxygen atoms in total. The highest BCUT2D eigenvalue weighted by Gasteiger charge is 2.50. The second-order valence-corrected chi connectivity index (χ2v) is 16.2. The number of anilines is 1. The molecule has 7 atom stereocenters. The molecule has 0 bridgehead atoms. The van der Waals surface area contributed by atoms with Gasteiger partial charge in [0.25, 0.3) is 17.7 Å². The maximum atomic E-state index is 14.2. The van der Waals surface area contributed by atoms with Crippen molar-refractivity contribution in [3.8, 4) is 17.2 Å². The number of hydrogen-bond donors (Lipinski definition) is 6. The van der Waals surface area contributed by atoms with Crippen molar-refractivity contribution in [2.24, 2.45) is 5.10 Å². The molecule has 2 aliphatic carbocycles. The van der Waals surface area contributed by atoms with Crippen LogP contribution in [0.15, 0.2) is 53.7 Å². The quantitative estimate of drug-likeness (QED) is 0.0607. The number of phenols is 2. The number of nitrogens with zero attached hydrogens (tertiary/aromatic N) is 3. The van der Waals surface area contributed by atoms with E-state index in [-0.39, 0.29) is 51.8 Å². The number of hydrogen-bond acceptors (Lipinski definition) is 16. The number of ether oxygens (including phenoxy) is 4. The van der Waals surface area contributed by atoms with Crippen molar-refractivity contribution in [1.82, 2.24) is 10.3 Å². The van der Waals surface area contributed by atoms with Crippen LogP contribution in [0.2, 0.25) is 0 Å². The maximum Gasteiger partial charge on any atom is 0.271 e. The number of phenolic OH excluding ortho intramolecular Hbond substituents is 2. The Morgan fingerprint density at radius 2 is 1.74 bits per heavy atom. The molecule has 18 heteroatoms. The molecule has 3 aromatic rings. The van der Waals surface area contributed by atoms with Crippen LogP contribution in [0.5, 0.6) is 17.2 Å². The largest absolute Gasteiger partial charge is 0.507 e. The maximum absolute atomic E-state index is 14.2. The highest BCUT2D eigenvalue weighted by atomic mass is 16.7. The van der Waals surface area contributed by atoms with Crippen LogP contribution in [0.3, 0.4) is 0 Å². The number of nitrogens with one attached hydrogen (secondary N) is 1. The summed E-state index contributed by atoms with van der Waals surface area (Å²) >= 11 is 0. The first-order valence-corrected chi connectivity index (χ1v) is 20.1. The van der Waals surface area contributed by atoms with Crippen LogP contribution < -0.4 is 15.1 Å². The predicted molar refractivity (Wildman–Crippen MR) is 217 cm³/mol. The minimum absolute atomic E-state index is 0.0139. The fourth-order valence-electron chi connectivity index (χ4n) is 9.21. The van der Waals surface area contributed by atoms with Gasteiger partial charge in [-0.05, 0) is 50.6 Å². The number of fused-ring (bicyclic) bond motifs is 3. The first-order chi connectivity index (χ1) is 29.5. The Kier molecular flexibility index (Phi) is 11.4. The SMILES string of the molecule is COc1cccc2c1C(=O)c1c(O)c3c(c(O)c1C2=O)C[C@@](O)(/C(CO)=N/NC(=O)c1cc(C)cc(N2C(=O)C=CC2=O)c1)C[C@@H]3O[C@H]1CC(N2CCO[C@@H](C)C2)[C@H](O)[C@H](C)O1. The van der Waals surface area contributed by atoms with E-state index in [0.717, 1.165) is 17.1 Å². The number of ketones is 2. The topological polar surface area (TPSA) is 254 Å². The van der Waals surface area contributed by atoms with Crippen LogP contribution in [-0.2, 0) is 30.2 Å². The number of aromatic hydroxyl groups is 2. The lowest BCUT2D eigenvalue weighted by molar-refractivity contribution is -0.260. The van der Waals surface area contributed by atoms with E-state index in [1.54, 1.807) is 19.9 Å². The molecule has 3 heterocycles. The molecule has 5 aliphatic rings. The van der Waals surface area contributed by atoms with Crippen LogP contribution in [-0.4, -0.2) is 135 Å². The van der Waals surface area contributed by atoms with E-state index in [4.69, 9.17) is 18.9 Å². The zero-order valence-corrected chi connectivity index (χ0v) is 34.3. The number of methoxy groups -OCH3 is 1. The van der Waals surface area contributed by atoms with Crippen LogP contribution in [0.25, 0.3) is 0 Å². The molecule has 2 fully saturated rings. The molecule has 326 valence electrons. The zero-order valence-electron chi connectivity index (χ0n) is 34.3. The van der Waals surface area contributed by atoms with E-state index in [1.165, 1.54) is 37.4 Å². The predicted octanol–water partition coefficient (Wildman–Crippen LogP) is 1.72. The minimum Gasteiger partial charge on any atom is -0.507 e. The summed E-state index contributed by atoms with van der Waals surface area (Å²) in [5, 5.41) is 62.8. The van der Waals surface area contributed by atoms with E-state index < -0.39 is 113 Å². The molecule has 3 aliphatic heterocycles. The highest BCUT2D eigenvalue weighted by Crippen LogP contribution is 2.53. The van der Waals surface area contributed by atoms with Crippen LogP contribution in [0.4, 0.5) is 5.69 Å². The van der Waals surface area contributed by atoms with Crippen LogP contribution in [0, 0.1) is 6.92 Å². The number of benzene rings is 3. The molecule has 8 rings (SSSR count). The smallest absolute Gasteiger partial charge is 0.271 e. The Bertz CT molecular complexity index is 2450. The molecule has 62 heavy (non-hydrogen) atoms. The highest BCUT2D eigenvalue weighted by molar-refractivity contribution is 6.31. The van der Waals surface area contributed by atoms with Gasteiger partial charge in [-0.25, -0.2) is 10.3 Å². The third-order valence-electron chi connectivity index (χ3n) is 12.2. The van der Waals surface area contributed by atoms with Gasteiger partial charge in [0, 0.05) is 72.8 Å². The average Bonchev–Trinajstić information content (AvgIpc) is 3.58. The summed E-state index contributed by atoms with van der Waals surface area (Å²) in [4.78, 5) is 69.6. The Morgan fingerprint density at radius 3 is 2.44 bits per heavy atom. The fraction of sp³-hybridized carbons (Fsp3) is 0.409. The lowest BCUT2D eigenvalue weighted by Gasteiger charge is -2.47. The van der Waals surface area contributed by atoms with Gasteiger partial charge in [0.1, 0.15) is 22.8 Å². The Morgan fingerprint density at radius 1 is 1.02 bits per heavy atom. The van der Waals surface area contributed by atoms with Gasteiger partial charge in [-0.15, -0.1) is 0 Å². The standard InChI is InChI=1S/C44H46N4O14/c1-20-12-23(14-24(13-20)48-31(50)8-9-32(48)51)43(57)46-45-30(19-49)44(58)16-26-35(29(17-44)62-33-15-27(38(52)22(3)61-33)47-10-11-60-21(2)18-47)42(56)37-36(40(26)54)39(53)25-6-5-7-28(59-4)34(25)41(37)55/h5-9,12-14,21-22,27,29,33,38,49,52,54,56,58H,10-11,15-19H2,1-4H3,(H,46,57)/b45-30+/t21-,22-,27?,29-,33-,38+,44-/m0/s1. The van der Waals surface area contributed by atoms with Crippen molar-refractivity contribution in [2.45, 2.75) is 82.4 Å². The van der Waals surface area contributed by atoms with Gasteiger partial charge in [0.2, 0.25) is 5.78 Å². The fourth-order valence-corrected chi connectivity index (χ4v) is 9.21. The molecule has 0 radical (unpaired) electrons. The van der Waals surface area contributed by atoms with Gasteiger partial charge in [-0.1, -0.05) is 12.1 Å². The number of aryl methyl sites for hydroxylation is 1. The lowest BCUT2D eigenvalue weighted by atomic mass is 9.71. The molecule has 1 unspecified atom stereocenters. The number of rotatable bonds is 9. The van der Waals surface area contributed by atoms with Crippen molar-refractivity contribution in [3.63, 3.8) is 0 Å². The normalized spacial score (nSPS) is 27.5. The first-order valence-electron chi connectivity index (χ1n) is 20.1. The van der Waals surface area contributed by atoms with Crippen molar-refractivity contribution in [3.05, 3.63) is 93.1 Å². The summed E-state index contributed by atoms with van der Waals surface area (Å²) in [6.45, 7) is 5.78. The van der Waals surface area contributed by atoms with Gasteiger partial charge in [-0.3, -0.25) is 28.9 Å². The monoisotopic (exact) mass is 854 g/mol. The van der Waals surface area contributed by atoms with Gasteiger partial charge >= 0.3 is 0 Å². The second kappa shape index (κ2) is 16.4. The molecule has 6 N–H and O–H groups in total. The third kappa shape index (κ3) is 7.36.